The van der Waals surface area contributed by atoms with Crippen LogP contribution >= 0.6 is 11.9 Å². The van der Waals surface area contributed by atoms with Gasteiger partial charge >= 0.3 is 5.97 Å². The largest absolute Gasteiger partial charge is 0.469 e. The van der Waals surface area contributed by atoms with Gasteiger partial charge in [0.25, 0.3) is 0 Å². The fourth-order valence-corrected chi connectivity index (χ4v) is 5.25. The summed E-state index contributed by atoms with van der Waals surface area (Å²) in [4.78, 5) is 12.8. The van der Waals surface area contributed by atoms with Gasteiger partial charge in [-0.1, -0.05) is 54.6 Å². The van der Waals surface area contributed by atoms with E-state index in [1.807, 2.05) is 24.3 Å². The van der Waals surface area contributed by atoms with Crippen LogP contribution in [0.15, 0.2) is 83.8 Å². The Balaban J connectivity index is 1.59. The lowest BCUT2D eigenvalue weighted by Gasteiger charge is -2.38. The predicted octanol–water partition coefficient (Wildman–Crippen LogP) is 5.82. The van der Waals surface area contributed by atoms with Crippen LogP contribution in [-0.2, 0) is 16.0 Å². The molecule has 1 heterocycles. The molecule has 0 aliphatic carbocycles. The van der Waals surface area contributed by atoms with E-state index in [-0.39, 0.29) is 18.2 Å². The third-order valence-electron chi connectivity index (χ3n) is 5.81. The lowest BCUT2D eigenvalue weighted by atomic mass is 9.77. The quantitative estimate of drug-likeness (QED) is 0.360. The van der Waals surface area contributed by atoms with Crippen LogP contribution in [-0.4, -0.2) is 30.5 Å². The summed E-state index contributed by atoms with van der Waals surface area (Å²) in [5, 5.41) is 0. The summed E-state index contributed by atoms with van der Waals surface area (Å²) in [6.45, 7) is 1.84. The molecule has 0 N–H and O–H groups in total. The summed E-state index contributed by atoms with van der Waals surface area (Å²) >= 11 is 1.68. The Morgan fingerprint density at radius 3 is 2.48 bits per heavy atom. The Bertz CT molecular complexity index is 1010. The van der Waals surface area contributed by atoms with Crippen LogP contribution < -0.4 is 0 Å². The van der Waals surface area contributed by atoms with Gasteiger partial charge in [0, 0.05) is 23.9 Å². The van der Waals surface area contributed by atoms with Crippen molar-refractivity contribution in [3.05, 3.63) is 101 Å². The summed E-state index contributed by atoms with van der Waals surface area (Å²) in [6.07, 6.45) is 1.31. The van der Waals surface area contributed by atoms with Crippen molar-refractivity contribution in [1.82, 2.24) is 4.31 Å². The van der Waals surface area contributed by atoms with Crippen molar-refractivity contribution in [3.63, 3.8) is 0 Å². The Morgan fingerprint density at radius 2 is 1.74 bits per heavy atom. The smallest absolute Gasteiger partial charge is 0.309 e. The van der Waals surface area contributed by atoms with Crippen LogP contribution in [0.5, 0.6) is 0 Å². The molecule has 31 heavy (non-hydrogen) atoms. The number of piperidine rings is 1. The molecule has 1 saturated heterocycles. The predicted molar refractivity (Wildman–Crippen MR) is 123 cm³/mol. The van der Waals surface area contributed by atoms with Gasteiger partial charge in [0.15, 0.2) is 0 Å². The van der Waals surface area contributed by atoms with Gasteiger partial charge in [0.05, 0.1) is 13.5 Å². The third-order valence-corrected chi connectivity index (χ3v) is 6.88. The molecule has 1 aliphatic rings. The number of carbonyl (C=O) groups excluding carboxylic acids is 1. The highest BCUT2D eigenvalue weighted by Gasteiger charge is 2.32. The number of benzene rings is 3. The molecule has 0 bridgehead atoms. The van der Waals surface area contributed by atoms with Crippen LogP contribution in [0.3, 0.4) is 0 Å². The molecule has 2 atom stereocenters. The first-order valence-electron chi connectivity index (χ1n) is 10.5. The summed E-state index contributed by atoms with van der Waals surface area (Å²) in [5.41, 5.74) is 3.55. The molecular formula is C26H26FNO2S. The maximum atomic E-state index is 13.3. The molecule has 1 aliphatic heterocycles. The fourth-order valence-electron chi connectivity index (χ4n) is 4.26. The zero-order valence-electron chi connectivity index (χ0n) is 17.5. The normalized spacial score (nSPS) is 19.2. The highest BCUT2D eigenvalue weighted by atomic mass is 32.2. The highest BCUT2D eigenvalue weighted by Crippen LogP contribution is 2.42. The molecule has 0 saturated carbocycles. The van der Waals surface area contributed by atoms with Crippen molar-refractivity contribution < 1.29 is 13.9 Å². The molecule has 3 nitrogen and oxygen atoms in total. The number of esters is 1. The molecule has 2 unspecified atom stereocenters. The van der Waals surface area contributed by atoms with Crippen LogP contribution in [0.25, 0.3) is 0 Å². The van der Waals surface area contributed by atoms with E-state index in [9.17, 15) is 9.18 Å². The van der Waals surface area contributed by atoms with E-state index in [1.54, 1.807) is 11.9 Å². The van der Waals surface area contributed by atoms with E-state index in [0.29, 0.717) is 11.8 Å². The van der Waals surface area contributed by atoms with Gasteiger partial charge in [-0.05, 0) is 65.2 Å². The first-order chi connectivity index (χ1) is 15.1. The van der Waals surface area contributed by atoms with Gasteiger partial charge in [-0.2, -0.15) is 0 Å². The molecule has 0 spiro atoms. The van der Waals surface area contributed by atoms with Crippen molar-refractivity contribution in [2.24, 2.45) is 0 Å². The Morgan fingerprint density at radius 1 is 1.00 bits per heavy atom. The van der Waals surface area contributed by atoms with Crippen LogP contribution in [0.1, 0.15) is 34.9 Å². The molecule has 0 aromatic heterocycles. The number of rotatable bonds is 6. The standard InChI is InChI=1S/C26H26FNO2S/c1-30-26(29)17-19-6-5-9-21(16-19)25-18-28(31-23-12-10-22(27)11-13-23)15-14-24(25)20-7-3-2-4-8-20/h2-13,16,24-25H,14-15,17-18H2,1H3. The molecule has 0 amide bonds. The second kappa shape index (κ2) is 10.1. The monoisotopic (exact) mass is 435 g/mol. The van der Waals surface area contributed by atoms with Crippen molar-refractivity contribution in [1.29, 1.82) is 0 Å². The van der Waals surface area contributed by atoms with Gasteiger partial charge in [-0.25, -0.2) is 8.70 Å². The van der Waals surface area contributed by atoms with Gasteiger partial charge in [0.2, 0.25) is 0 Å². The maximum Gasteiger partial charge on any atom is 0.309 e. The minimum absolute atomic E-state index is 0.215. The number of halogens is 1. The zero-order valence-corrected chi connectivity index (χ0v) is 18.4. The molecule has 4 rings (SSSR count). The number of ether oxygens (including phenoxy) is 1. The lowest BCUT2D eigenvalue weighted by molar-refractivity contribution is -0.139. The summed E-state index contributed by atoms with van der Waals surface area (Å²) in [7, 11) is 1.42. The maximum absolute atomic E-state index is 13.3. The van der Waals surface area contributed by atoms with Gasteiger partial charge < -0.3 is 4.74 Å². The molecule has 1 fully saturated rings. The van der Waals surface area contributed by atoms with Crippen molar-refractivity contribution in [2.75, 3.05) is 20.2 Å². The van der Waals surface area contributed by atoms with E-state index in [1.165, 1.54) is 30.4 Å². The van der Waals surface area contributed by atoms with E-state index in [2.05, 4.69) is 46.8 Å². The van der Waals surface area contributed by atoms with E-state index in [0.717, 1.165) is 30.0 Å². The first-order valence-corrected chi connectivity index (χ1v) is 11.3. The first kappa shape index (κ1) is 21.6. The molecule has 0 radical (unpaired) electrons. The van der Waals surface area contributed by atoms with E-state index in [4.69, 9.17) is 4.74 Å². The Labute approximate surface area is 187 Å². The van der Waals surface area contributed by atoms with Crippen molar-refractivity contribution in [2.45, 2.75) is 29.6 Å². The Kier molecular flexibility index (Phi) is 7.05. The second-order valence-electron chi connectivity index (χ2n) is 7.84. The van der Waals surface area contributed by atoms with E-state index >= 15 is 0 Å². The van der Waals surface area contributed by atoms with Crippen molar-refractivity contribution >= 4 is 17.9 Å². The topological polar surface area (TPSA) is 29.5 Å². The fraction of sp³-hybridized carbons (Fsp3) is 0.269. The number of hydrogen-bond donors (Lipinski definition) is 0. The second-order valence-corrected chi connectivity index (χ2v) is 9.01. The van der Waals surface area contributed by atoms with Crippen LogP contribution in [0.2, 0.25) is 0 Å². The molecular weight excluding hydrogens is 409 g/mol. The lowest BCUT2D eigenvalue weighted by Crippen LogP contribution is -2.34. The van der Waals surface area contributed by atoms with Gasteiger partial charge in [0.1, 0.15) is 5.82 Å². The number of carbonyl (C=O) groups is 1. The average Bonchev–Trinajstić information content (AvgIpc) is 2.81. The SMILES string of the molecule is COC(=O)Cc1cccc(C2CN(Sc3ccc(F)cc3)CCC2c2ccccc2)c1. The summed E-state index contributed by atoms with van der Waals surface area (Å²) < 4.78 is 20.5. The van der Waals surface area contributed by atoms with Crippen LogP contribution in [0, 0.1) is 5.82 Å². The Hall–Kier alpha value is -2.63. The van der Waals surface area contributed by atoms with E-state index < -0.39 is 0 Å². The van der Waals surface area contributed by atoms with Gasteiger partial charge in [-0.15, -0.1) is 0 Å². The average molecular weight is 436 g/mol. The molecule has 3 aromatic rings. The van der Waals surface area contributed by atoms with Gasteiger partial charge in [-0.3, -0.25) is 4.79 Å². The number of methoxy groups -OCH3 is 1. The third kappa shape index (κ3) is 5.54. The van der Waals surface area contributed by atoms with Crippen LogP contribution in [0.4, 0.5) is 4.39 Å². The molecule has 160 valence electrons. The van der Waals surface area contributed by atoms with Crippen molar-refractivity contribution in [3.8, 4) is 0 Å². The highest BCUT2D eigenvalue weighted by molar-refractivity contribution is 7.97. The summed E-state index contributed by atoms with van der Waals surface area (Å²) in [5.74, 6) is 0.252. The number of nitrogens with zero attached hydrogens (tertiary/aromatic N) is 1. The minimum Gasteiger partial charge on any atom is -0.469 e. The zero-order chi connectivity index (χ0) is 21.6. The minimum atomic E-state index is -0.228. The molecule has 3 aromatic carbocycles. The number of hydrogen-bond acceptors (Lipinski definition) is 4. The summed E-state index contributed by atoms with van der Waals surface area (Å²) in [6, 6.07) is 25.6. The molecule has 5 heteroatoms.